The summed E-state index contributed by atoms with van der Waals surface area (Å²) in [5.74, 6) is -0.477. The van der Waals surface area contributed by atoms with E-state index < -0.39 is 10.0 Å². The molecule has 1 aromatic carbocycles. The SMILES string of the molecule is CC(=O)Nc1ccc(N(CCC(=O)NCc2cccnc2)S(C)(=O)=O)cc1. The van der Waals surface area contributed by atoms with E-state index in [1.165, 1.54) is 6.92 Å². The van der Waals surface area contributed by atoms with Crippen molar-refractivity contribution >= 4 is 33.2 Å². The van der Waals surface area contributed by atoms with Gasteiger partial charge in [-0.2, -0.15) is 0 Å². The van der Waals surface area contributed by atoms with E-state index in [4.69, 9.17) is 0 Å². The second-order valence-electron chi connectivity index (χ2n) is 5.95. The lowest BCUT2D eigenvalue weighted by molar-refractivity contribution is -0.121. The number of aromatic nitrogens is 1. The quantitative estimate of drug-likeness (QED) is 0.710. The minimum Gasteiger partial charge on any atom is -0.352 e. The zero-order valence-corrected chi connectivity index (χ0v) is 16.0. The second-order valence-corrected chi connectivity index (χ2v) is 7.86. The molecule has 0 bridgehead atoms. The Morgan fingerprint density at radius 3 is 2.41 bits per heavy atom. The number of hydrogen-bond acceptors (Lipinski definition) is 5. The number of carbonyl (C=O) groups excluding carboxylic acids is 2. The summed E-state index contributed by atoms with van der Waals surface area (Å²) < 4.78 is 25.4. The Balaban J connectivity index is 1.98. The summed E-state index contributed by atoms with van der Waals surface area (Å²) >= 11 is 0. The van der Waals surface area contributed by atoms with Crippen molar-refractivity contribution in [3.05, 3.63) is 54.4 Å². The van der Waals surface area contributed by atoms with Gasteiger partial charge in [0.05, 0.1) is 11.9 Å². The van der Waals surface area contributed by atoms with Gasteiger partial charge in [-0.1, -0.05) is 6.07 Å². The maximum atomic E-state index is 12.1. The monoisotopic (exact) mass is 390 g/mol. The van der Waals surface area contributed by atoms with Crippen LogP contribution in [0.4, 0.5) is 11.4 Å². The number of rotatable bonds is 8. The van der Waals surface area contributed by atoms with Crippen LogP contribution >= 0.6 is 0 Å². The first-order valence-electron chi connectivity index (χ1n) is 8.26. The van der Waals surface area contributed by atoms with Crippen molar-refractivity contribution < 1.29 is 18.0 Å². The van der Waals surface area contributed by atoms with Gasteiger partial charge in [0.2, 0.25) is 21.8 Å². The average Bonchev–Trinajstić information content (AvgIpc) is 2.61. The highest BCUT2D eigenvalue weighted by molar-refractivity contribution is 7.92. The molecule has 0 aliphatic rings. The number of amides is 2. The highest BCUT2D eigenvalue weighted by atomic mass is 32.2. The molecule has 0 unspecified atom stereocenters. The van der Waals surface area contributed by atoms with Crippen molar-refractivity contribution in [1.29, 1.82) is 0 Å². The van der Waals surface area contributed by atoms with Gasteiger partial charge in [0.1, 0.15) is 0 Å². The van der Waals surface area contributed by atoms with Crippen molar-refractivity contribution in [2.24, 2.45) is 0 Å². The van der Waals surface area contributed by atoms with E-state index in [1.807, 2.05) is 6.07 Å². The third-order valence-electron chi connectivity index (χ3n) is 3.63. The minimum absolute atomic E-state index is 0.0111. The topological polar surface area (TPSA) is 108 Å². The fraction of sp³-hybridized carbons (Fsp3) is 0.278. The molecule has 0 aliphatic heterocycles. The molecule has 0 spiro atoms. The molecule has 1 heterocycles. The summed E-state index contributed by atoms with van der Waals surface area (Å²) in [6.07, 6.45) is 4.40. The number of nitrogens with one attached hydrogen (secondary N) is 2. The van der Waals surface area contributed by atoms with Gasteiger partial charge >= 0.3 is 0 Å². The zero-order valence-electron chi connectivity index (χ0n) is 15.2. The van der Waals surface area contributed by atoms with Crippen LogP contribution in [0, 0.1) is 0 Å². The number of hydrogen-bond donors (Lipinski definition) is 2. The summed E-state index contributed by atoms with van der Waals surface area (Å²) in [4.78, 5) is 27.1. The van der Waals surface area contributed by atoms with Crippen molar-refractivity contribution in [3.8, 4) is 0 Å². The number of pyridine rings is 1. The van der Waals surface area contributed by atoms with E-state index in [0.717, 1.165) is 16.1 Å². The van der Waals surface area contributed by atoms with Crippen LogP contribution in [0.1, 0.15) is 18.9 Å². The standard InChI is InChI=1S/C18H22N4O4S/c1-14(23)21-16-5-7-17(8-6-16)22(27(2,25)26)11-9-18(24)20-13-15-4-3-10-19-12-15/h3-8,10,12H,9,11,13H2,1-2H3,(H,20,24)(H,21,23). The first-order valence-corrected chi connectivity index (χ1v) is 10.1. The van der Waals surface area contributed by atoms with Crippen LogP contribution in [0.2, 0.25) is 0 Å². The summed E-state index contributed by atoms with van der Waals surface area (Å²) in [7, 11) is -3.56. The smallest absolute Gasteiger partial charge is 0.232 e. The maximum absolute atomic E-state index is 12.1. The van der Waals surface area contributed by atoms with Gasteiger partial charge in [0, 0.05) is 44.5 Å². The molecular formula is C18H22N4O4S. The summed E-state index contributed by atoms with van der Waals surface area (Å²) in [5.41, 5.74) is 1.85. The van der Waals surface area contributed by atoms with Gasteiger partial charge in [-0.3, -0.25) is 18.9 Å². The predicted molar refractivity (Wildman–Crippen MR) is 104 cm³/mol. The number of carbonyl (C=O) groups is 2. The molecule has 2 amide bonds. The summed E-state index contributed by atoms with van der Waals surface area (Å²) in [6.45, 7) is 1.73. The number of sulfonamides is 1. The normalized spacial score (nSPS) is 10.9. The lowest BCUT2D eigenvalue weighted by atomic mass is 10.2. The Morgan fingerprint density at radius 2 is 1.85 bits per heavy atom. The molecule has 9 heteroatoms. The van der Waals surface area contributed by atoms with Crippen LogP contribution in [0.5, 0.6) is 0 Å². The van der Waals surface area contributed by atoms with Gasteiger partial charge in [0.25, 0.3) is 0 Å². The Bertz CT molecular complexity index is 883. The molecule has 144 valence electrons. The van der Waals surface area contributed by atoms with Gasteiger partial charge in [0.15, 0.2) is 0 Å². The minimum atomic E-state index is -3.56. The van der Waals surface area contributed by atoms with Gasteiger partial charge in [-0.25, -0.2) is 8.42 Å². The van der Waals surface area contributed by atoms with Crippen LogP contribution in [-0.2, 0) is 26.2 Å². The molecule has 27 heavy (non-hydrogen) atoms. The Morgan fingerprint density at radius 1 is 1.15 bits per heavy atom. The average molecular weight is 390 g/mol. The lowest BCUT2D eigenvalue weighted by Gasteiger charge is -2.22. The van der Waals surface area contributed by atoms with E-state index in [9.17, 15) is 18.0 Å². The van der Waals surface area contributed by atoms with E-state index >= 15 is 0 Å². The van der Waals surface area contributed by atoms with Crippen molar-refractivity contribution in [3.63, 3.8) is 0 Å². The number of anilines is 2. The van der Waals surface area contributed by atoms with Crippen LogP contribution in [-0.4, -0.2) is 38.0 Å². The molecule has 0 aliphatic carbocycles. The molecule has 0 atom stereocenters. The van der Waals surface area contributed by atoms with E-state index in [2.05, 4.69) is 15.6 Å². The van der Waals surface area contributed by atoms with Crippen LogP contribution < -0.4 is 14.9 Å². The largest absolute Gasteiger partial charge is 0.352 e. The molecule has 0 fully saturated rings. The van der Waals surface area contributed by atoms with Crippen LogP contribution in [0.15, 0.2) is 48.8 Å². The molecule has 8 nitrogen and oxygen atoms in total. The Hall–Kier alpha value is -2.94. The summed E-state index contributed by atoms with van der Waals surface area (Å²) in [6, 6.07) is 10.00. The molecule has 2 N–H and O–H groups in total. The van der Waals surface area contributed by atoms with Gasteiger partial charge in [-0.05, 0) is 35.9 Å². The van der Waals surface area contributed by atoms with Crippen LogP contribution in [0.3, 0.4) is 0 Å². The maximum Gasteiger partial charge on any atom is 0.232 e. The van der Waals surface area contributed by atoms with Crippen LogP contribution in [0.25, 0.3) is 0 Å². The summed E-state index contributed by atoms with van der Waals surface area (Å²) in [5, 5.41) is 5.36. The molecular weight excluding hydrogens is 368 g/mol. The third kappa shape index (κ3) is 6.70. The third-order valence-corrected chi connectivity index (χ3v) is 4.82. The Labute approximate surface area is 158 Å². The zero-order chi connectivity index (χ0) is 19.9. The van der Waals surface area contributed by atoms with Gasteiger partial charge in [-0.15, -0.1) is 0 Å². The molecule has 2 rings (SSSR count). The first kappa shape index (κ1) is 20.4. The molecule has 1 aromatic heterocycles. The van der Waals surface area contributed by atoms with E-state index in [1.54, 1.807) is 42.7 Å². The molecule has 0 radical (unpaired) electrons. The lowest BCUT2D eigenvalue weighted by Crippen LogP contribution is -2.34. The van der Waals surface area contributed by atoms with Gasteiger partial charge < -0.3 is 10.6 Å². The van der Waals surface area contributed by atoms with E-state index in [-0.39, 0.29) is 24.8 Å². The van der Waals surface area contributed by atoms with Crippen molar-refractivity contribution in [1.82, 2.24) is 10.3 Å². The molecule has 2 aromatic rings. The number of benzene rings is 1. The first-order chi connectivity index (χ1) is 12.8. The molecule has 0 saturated carbocycles. The Kier molecular flexibility index (Phi) is 6.89. The van der Waals surface area contributed by atoms with Crippen molar-refractivity contribution in [2.75, 3.05) is 22.4 Å². The fourth-order valence-corrected chi connectivity index (χ4v) is 3.32. The predicted octanol–water partition coefficient (Wildman–Crippen LogP) is 1.51. The highest BCUT2D eigenvalue weighted by Gasteiger charge is 2.18. The second kappa shape index (κ2) is 9.13. The van der Waals surface area contributed by atoms with Crippen molar-refractivity contribution in [2.45, 2.75) is 19.9 Å². The van der Waals surface area contributed by atoms with E-state index in [0.29, 0.717) is 17.9 Å². The molecule has 0 saturated heterocycles. The highest BCUT2D eigenvalue weighted by Crippen LogP contribution is 2.20. The number of nitrogens with zero attached hydrogens (tertiary/aromatic N) is 2. The fourth-order valence-electron chi connectivity index (χ4n) is 2.40.